The summed E-state index contributed by atoms with van der Waals surface area (Å²) in [6.07, 6.45) is 4.24. The van der Waals surface area contributed by atoms with E-state index < -0.39 is 5.60 Å². The Morgan fingerprint density at radius 2 is 2.14 bits per heavy atom. The van der Waals surface area contributed by atoms with Crippen LogP contribution in [-0.4, -0.2) is 45.4 Å². The summed E-state index contributed by atoms with van der Waals surface area (Å²) in [6.45, 7) is 9.19. The lowest BCUT2D eigenvalue weighted by atomic mass is 10.2. The van der Waals surface area contributed by atoms with E-state index >= 15 is 0 Å². The molecule has 6 heteroatoms. The Bertz CT molecular complexity index is 502. The van der Waals surface area contributed by atoms with Gasteiger partial charge in [0.05, 0.1) is 5.69 Å². The number of aromatic nitrogens is 2. The van der Waals surface area contributed by atoms with Gasteiger partial charge in [-0.05, 0) is 40.0 Å². The van der Waals surface area contributed by atoms with E-state index in [1.807, 2.05) is 27.7 Å². The molecule has 0 saturated carbocycles. The highest BCUT2D eigenvalue weighted by Gasteiger charge is 2.29. The van der Waals surface area contributed by atoms with Crippen LogP contribution in [0.15, 0.2) is 17.4 Å². The van der Waals surface area contributed by atoms with Crippen LogP contribution in [0.2, 0.25) is 0 Å². The lowest BCUT2D eigenvalue weighted by Gasteiger charge is -2.24. The van der Waals surface area contributed by atoms with Crippen molar-refractivity contribution in [3.8, 4) is 0 Å². The van der Waals surface area contributed by atoms with Crippen molar-refractivity contribution in [2.24, 2.45) is 5.92 Å². The predicted octanol–water partition coefficient (Wildman–Crippen LogP) is 3.13. The molecule has 0 spiro atoms. The molecule has 0 N–H and O–H groups in total. The first-order chi connectivity index (χ1) is 9.85. The molecule has 1 aliphatic heterocycles. The summed E-state index contributed by atoms with van der Waals surface area (Å²) >= 11 is 1.72. The highest BCUT2D eigenvalue weighted by atomic mass is 32.2. The van der Waals surface area contributed by atoms with Crippen LogP contribution in [0, 0.1) is 12.8 Å². The molecular weight excluding hydrogens is 286 g/mol. The van der Waals surface area contributed by atoms with Crippen molar-refractivity contribution < 1.29 is 9.53 Å². The zero-order valence-electron chi connectivity index (χ0n) is 13.1. The molecule has 0 bridgehead atoms. The molecule has 0 unspecified atom stereocenters. The van der Waals surface area contributed by atoms with Gasteiger partial charge < -0.3 is 9.64 Å². The number of likely N-dealkylation sites (tertiary alicyclic amines) is 1. The molecule has 2 rings (SSSR count). The van der Waals surface area contributed by atoms with E-state index in [0.717, 1.165) is 36.0 Å². The topological polar surface area (TPSA) is 55.3 Å². The third-order valence-corrected chi connectivity index (χ3v) is 4.54. The van der Waals surface area contributed by atoms with Gasteiger partial charge in [-0.15, -0.1) is 11.8 Å². The second-order valence-electron chi connectivity index (χ2n) is 6.34. The maximum absolute atomic E-state index is 12.0. The second kappa shape index (κ2) is 6.64. The first-order valence-corrected chi connectivity index (χ1v) is 8.22. The fourth-order valence-corrected chi connectivity index (χ4v) is 3.26. The van der Waals surface area contributed by atoms with Crippen molar-refractivity contribution in [3.05, 3.63) is 18.1 Å². The van der Waals surface area contributed by atoms with Crippen LogP contribution in [-0.2, 0) is 4.74 Å². The smallest absolute Gasteiger partial charge is 0.410 e. The van der Waals surface area contributed by atoms with Gasteiger partial charge in [-0.2, -0.15) is 0 Å². The molecule has 1 aliphatic rings. The minimum atomic E-state index is -0.430. The van der Waals surface area contributed by atoms with Crippen LogP contribution in [0.3, 0.4) is 0 Å². The Balaban J connectivity index is 1.80. The van der Waals surface area contributed by atoms with Gasteiger partial charge in [-0.1, -0.05) is 0 Å². The van der Waals surface area contributed by atoms with Gasteiger partial charge in [0.15, 0.2) is 0 Å². The Kier molecular flexibility index (Phi) is 5.08. The van der Waals surface area contributed by atoms with Gasteiger partial charge in [0.1, 0.15) is 10.6 Å². The predicted molar refractivity (Wildman–Crippen MR) is 83.4 cm³/mol. The molecule has 1 aromatic rings. The van der Waals surface area contributed by atoms with Crippen LogP contribution in [0.5, 0.6) is 0 Å². The maximum atomic E-state index is 12.0. The van der Waals surface area contributed by atoms with E-state index in [4.69, 9.17) is 4.74 Å². The zero-order valence-corrected chi connectivity index (χ0v) is 13.9. The maximum Gasteiger partial charge on any atom is 0.410 e. The molecule has 2 heterocycles. The highest BCUT2D eigenvalue weighted by Crippen LogP contribution is 2.26. The van der Waals surface area contributed by atoms with Gasteiger partial charge in [-0.3, -0.25) is 4.98 Å². The molecule has 21 heavy (non-hydrogen) atoms. The number of hydrogen-bond acceptors (Lipinski definition) is 5. The highest BCUT2D eigenvalue weighted by molar-refractivity contribution is 7.99. The van der Waals surface area contributed by atoms with Gasteiger partial charge in [0.2, 0.25) is 0 Å². The summed E-state index contributed by atoms with van der Waals surface area (Å²) in [7, 11) is 0. The first-order valence-electron chi connectivity index (χ1n) is 7.23. The van der Waals surface area contributed by atoms with Gasteiger partial charge in [-0.25, -0.2) is 9.78 Å². The Labute approximate surface area is 130 Å². The third kappa shape index (κ3) is 4.88. The van der Waals surface area contributed by atoms with E-state index in [1.165, 1.54) is 0 Å². The monoisotopic (exact) mass is 309 g/mol. The number of carbonyl (C=O) groups is 1. The minimum absolute atomic E-state index is 0.203. The molecule has 1 fully saturated rings. The van der Waals surface area contributed by atoms with E-state index in [2.05, 4.69) is 9.97 Å². The van der Waals surface area contributed by atoms with Crippen molar-refractivity contribution in [2.45, 2.75) is 44.7 Å². The van der Waals surface area contributed by atoms with Crippen LogP contribution < -0.4 is 0 Å². The number of hydrogen-bond donors (Lipinski definition) is 0. The fraction of sp³-hybridized carbons (Fsp3) is 0.667. The summed E-state index contributed by atoms with van der Waals surface area (Å²) in [6, 6.07) is 0. The van der Waals surface area contributed by atoms with Crippen molar-refractivity contribution in [1.29, 1.82) is 0 Å². The summed E-state index contributed by atoms with van der Waals surface area (Å²) < 4.78 is 5.41. The minimum Gasteiger partial charge on any atom is -0.444 e. The molecule has 5 nitrogen and oxygen atoms in total. The number of ether oxygens (including phenoxy) is 1. The molecule has 1 aromatic heterocycles. The van der Waals surface area contributed by atoms with Crippen molar-refractivity contribution in [2.75, 3.05) is 18.8 Å². The van der Waals surface area contributed by atoms with Crippen LogP contribution in [0.1, 0.15) is 32.9 Å². The Morgan fingerprint density at radius 1 is 1.43 bits per heavy atom. The normalized spacial score (nSPS) is 18.9. The average Bonchev–Trinajstić information content (AvgIpc) is 2.85. The third-order valence-electron chi connectivity index (χ3n) is 3.23. The molecule has 1 amide bonds. The summed E-state index contributed by atoms with van der Waals surface area (Å²) in [5, 5.41) is 0.980. The number of aryl methyl sites for hydroxylation is 1. The van der Waals surface area contributed by atoms with Crippen molar-refractivity contribution >= 4 is 17.9 Å². The number of nitrogens with zero attached hydrogens (tertiary/aromatic N) is 3. The number of amides is 1. The summed E-state index contributed by atoms with van der Waals surface area (Å²) in [4.78, 5) is 22.4. The van der Waals surface area contributed by atoms with Crippen molar-refractivity contribution in [3.63, 3.8) is 0 Å². The molecular formula is C15H23N3O2S. The van der Waals surface area contributed by atoms with Crippen molar-refractivity contribution in [1.82, 2.24) is 14.9 Å². The number of rotatable bonds is 3. The number of carbonyl (C=O) groups excluding carboxylic acids is 1. The van der Waals surface area contributed by atoms with Crippen LogP contribution >= 0.6 is 11.8 Å². The summed E-state index contributed by atoms with van der Waals surface area (Å²) in [5.74, 6) is 1.45. The van der Waals surface area contributed by atoms with Crippen LogP contribution in [0.4, 0.5) is 4.79 Å². The lowest BCUT2D eigenvalue weighted by molar-refractivity contribution is 0.0289. The lowest BCUT2D eigenvalue weighted by Crippen LogP contribution is -2.35. The fourth-order valence-electron chi connectivity index (χ4n) is 2.19. The standard InChI is InChI=1S/C15H23N3O2S/c1-11-13(17-7-6-16-11)21-10-12-5-8-18(9-12)14(19)20-15(2,3)4/h6-7,12H,5,8-10H2,1-4H3/t12-/m0/s1. The quantitative estimate of drug-likeness (QED) is 0.803. The van der Waals surface area contributed by atoms with E-state index in [-0.39, 0.29) is 6.09 Å². The first kappa shape index (κ1) is 16.1. The Morgan fingerprint density at radius 3 is 2.81 bits per heavy atom. The molecule has 0 aliphatic carbocycles. The SMILES string of the molecule is Cc1nccnc1SC[C@H]1CCN(C(=O)OC(C)(C)C)C1. The molecule has 1 atom stereocenters. The zero-order chi connectivity index (χ0) is 15.5. The van der Waals surface area contributed by atoms with Crippen LogP contribution in [0.25, 0.3) is 0 Å². The Hall–Kier alpha value is -1.30. The van der Waals surface area contributed by atoms with E-state index in [0.29, 0.717) is 5.92 Å². The summed E-state index contributed by atoms with van der Waals surface area (Å²) in [5.41, 5.74) is 0.533. The number of thioether (sulfide) groups is 1. The second-order valence-corrected chi connectivity index (χ2v) is 7.35. The molecule has 1 saturated heterocycles. The van der Waals surface area contributed by atoms with Gasteiger partial charge in [0, 0.05) is 31.2 Å². The molecule has 0 aromatic carbocycles. The van der Waals surface area contributed by atoms with E-state index in [1.54, 1.807) is 29.1 Å². The van der Waals surface area contributed by atoms with Gasteiger partial charge in [0.25, 0.3) is 0 Å². The van der Waals surface area contributed by atoms with Gasteiger partial charge >= 0.3 is 6.09 Å². The molecule has 0 radical (unpaired) electrons. The average molecular weight is 309 g/mol. The molecule has 116 valence electrons. The largest absolute Gasteiger partial charge is 0.444 e. The van der Waals surface area contributed by atoms with E-state index in [9.17, 15) is 4.79 Å².